The van der Waals surface area contributed by atoms with Gasteiger partial charge in [0, 0.05) is 5.92 Å². The van der Waals surface area contributed by atoms with Crippen molar-refractivity contribution in [2.24, 2.45) is 5.92 Å². The molecule has 0 bridgehead atoms. The van der Waals surface area contributed by atoms with Crippen LogP contribution in [0.4, 0.5) is 0 Å². The van der Waals surface area contributed by atoms with E-state index in [9.17, 15) is 21.9 Å². The molecule has 2 unspecified atom stereocenters. The third-order valence-corrected chi connectivity index (χ3v) is 4.76. The third-order valence-electron chi connectivity index (χ3n) is 2.35. The lowest BCUT2D eigenvalue weighted by Crippen LogP contribution is -2.45. The monoisotopic (exact) mass is 270 g/mol. The van der Waals surface area contributed by atoms with Crippen molar-refractivity contribution in [2.45, 2.75) is 11.9 Å². The van der Waals surface area contributed by atoms with Gasteiger partial charge in [0.15, 0.2) is 0 Å². The third kappa shape index (κ3) is 2.04. The van der Waals surface area contributed by atoms with Crippen LogP contribution >= 0.6 is 0 Å². The highest BCUT2D eigenvalue weighted by molar-refractivity contribution is 7.90. The summed E-state index contributed by atoms with van der Waals surface area (Å²) < 4.78 is 61.3. The Balaban J connectivity index is 3.40. The molecule has 16 heavy (non-hydrogen) atoms. The van der Waals surface area contributed by atoms with Crippen LogP contribution in [0.25, 0.3) is 0 Å². The molecular weight excluding hydrogens is 260 g/mol. The van der Waals surface area contributed by atoms with Crippen LogP contribution in [-0.4, -0.2) is 36.0 Å². The highest BCUT2D eigenvalue weighted by Gasteiger charge is 2.49. The molecule has 92 valence electrons. The lowest BCUT2D eigenvalue weighted by atomic mass is 9.99. The van der Waals surface area contributed by atoms with Gasteiger partial charge in [-0.15, -0.1) is 0 Å². The smallest absolute Gasteiger partial charge is 0.299 e. The Morgan fingerprint density at radius 2 is 1.75 bits per heavy atom. The zero-order valence-electron chi connectivity index (χ0n) is 8.10. The Morgan fingerprint density at radius 1 is 1.25 bits per heavy atom. The van der Waals surface area contributed by atoms with Crippen molar-refractivity contribution in [3.63, 3.8) is 0 Å². The largest absolute Gasteiger partial charge is 0.369 e. The first kappa shape index (κ1) is 13.3. The zero-order valence-corrected chi connectivity index (χ0v) is 9.73. The van der Waals surface area contributed by atoms with E-state index < -0.39 is 36.0 Å². The van der Waals surface area contributed by atoms with Gasteiger partial charge in [0.05, 0.1) is 4.91 Å². The fraction of sp³-hybridized carbons (Fsp3) is 0.429. The number of rotatable bonds is 2. The molecule has 9 heteroatoms. The van der Waals surface area contributed by atoms with E-state index in [2.05, 4.69) is 0 Å². The van der Waals surface area contributed by atoms with E-state index in [-0.39, 0.29) is 0 Å². The number of hydrogen-bond acceptors (Lipinski definition) is 5. The molecule has 0 aromatic carbocycles. The quantitative estimate of drug-likeness (QED) is 0.579. The standard InChI is InChI=1S/C7H10O7S2/c1-5-6(15(9,10)11)3-2-4-7(5,8)16(12,13)14/h2-5,8H,1H3,(H,9,10,11)(H,12,13,14). The lowest BCUT2D eigenvalue weighted by Gasteiger charge is -2.30. The first-order chi connectivity index (χ1) is 7.00. The van der Waals surface area contributed by atoms with Crippen LogP contribution in [-0.2, 0) is 20.2 Å². The minimum Gasteiger partial charge on any atom is -0.369 e. The maximum Gasteiger partial charge on any atom is 0.299 e. The molecular formula is C7H10O7S2. The minimum atomic E-state index is -4.92. The van der Waals surface area contributed by atoms with E-state index in [0.29, 0.717) is 0 Å². The molecule has 0 saturated carbocycles. The SMILES string of the molecule is CC1C(S(=O)(=O)O)=CC=CC1(O)S(=O)(=O)O. The predicted molar refractivity (Wildman–Crippen MR) is 54.4 cm³/mol. The molecule has 0 aromatic rings. The average Bonchev–Trinajstić information content (AvgIpc) is 2.05. The Labute approximate surface area is 92.6 Å². The lowest BCUT2D eigenvalue weighted by molar-refractivity contribution is 0.121. The molecule has 0 saturated heterocycles. The summed E-state index contributed by atoms with van der Waals surface area (Å²) in [4.78, 5) is -3.44. The molecule has 0 fully saturated rings. The van der Waals surface area contributed by atoms with Gasteiger partial charge in [0.25, 0.3) is 20.2 Å². The fourth-order valence-corrected chi connectivity index (χ4v) is 3.17. The van der Waals surface area contributed by atoms with Crippen LogP contribution < -0.4 is 0 Å². The Morgan fingerprint density at radius 3 is 2.12 bits per heavy atom. The summed E-state index contributed by atoms with van der Waals surface area (Å²) in [5.74, 6) is -1.51. The molecule has 1 aliphatic carbocycles. The van der Waals surface area contributed by atoms with Gasteiger partial charge < -0.3 is 5.11 Å². The summed E-state index contributed by atoms with van der Waals surface area (Å²) in [5, 5.41) is 9.67. The number of aliphatic hydroxyl groups is 1. The van der Waals surface area contributed by atoms with Crippen molar-refractivity contribution < 1.29 is 31.0 Å². The first-order valence-electron chi connectivity index (χ1n) is 4.06. The number of hydrogen-bond donors (Lipinski definition) is 3. The van der Waals surface area contributed by atoms with Gasteiger partial charge in [-0.05, 0) is 12.2 Å². The normalized spacial score (nSPS) is 31.2. The second-order valence-electron chi connectivity index (χ2n) is 3.35. The van der Waals surface area contributed by atoms with Crippen LogP contribution in [0, 0.1) is 5.92 Å². The summed E-state index contributed by atoms with van der Waals surface area (Å²) in [6.07, 6.45) is 2.61. The van der Waals surface area contributed by atoms with Crippen LogP contribution in [0.2, 0.25) is 0 Å². The molecule has 0 heterocycles. The number of allylic oxidation sites excluding steroid dienone is 2. The summed E-state index contributed by atoms with van der Waals surface area (Å²) in [6, 6.07) is 0. The van der Waals surface area contributed by atoms with Gasteiger partial charge in [-0.1, -0.05) is 13.0 Å². The Kier molecular flexibility index (Phi) is 3.03. The van der Waals surface area contributed by atoms with Crippen molar-refractivity contribution in [2.75, 3.05) is 0 Å². The van der Waals surface area contributed by atoms with Crippen molar-refractivity contribution in [1.29, 1.82) is 0 Å². The Hall–Kier alpha value is -0.740. The second-order valence-corrected chi connectivity index (χ2v) is 6.38. The predicted octanol–water partition coefficient (Wildman–Crippen LogP) is -0.460. The molecule has 0 amide bonds. The summed E-state index contributed by atoms with van der Waals surface area (Å²) >= 11 is 0. The van der Waals surface area contributed by atoms with E-state index in [0.717, 1.165) is 25.2 Å². The van der Waals surface area contributed by atoms with Gasteiger partial charge in [-0.3, -0.25) is 9.11 Å². The van der Waals surface area contributed by atoms with E-state index in [1.807, 2.05) is 0 Å². The van der Waals surface area contributed by atoms with Crippen LogP contribution in [0.3, 0.4) is 0 Å². The second kappa shape index (κ2) is 3.64. The summed E-state index contributed by atoms with van der Waals surface area (Å²) in [5.41, 5.74) is 0. The van der Waals surface area contributed by atoms with E-state index in [1.165, 1.54) is 0 Å². The summed E-state index contributed by atoms with van der Waals surface area (Å²) in [7, 11) is -9.55. The highest BCUT2D eigenvalue weighted by Crippen LogP contribution is 2.35. The van der Waals surface area contributed by atoms with Gasteiger partial charge >= 0.3 is 0 Å². The fourth-order valence-electron chi connectivity index (χ4n) is 1.39. The first-order valence-corrected chi connectivity index (χ1v) is 6.94. The summed E-state index contributed by atoms with van der Waals surface area (Å²) in [6.45, 7) is 1.05. The van der Waals surface area contributed by atoms with E-state index in [1.54, 1.807) is 0 Å². The van der Waals surface area contributed by atoms with Gasteiger partial charge in [0.1, 0.15) is 0 Å². The van der Waals surface area contributed by atoms with Crippen LogP contribution in [0.5, 0.6) is 0 Å². The molecule has 0 aromatic heterocycles. The van der Waals surface area contributed by atoms with Crippen LogP contribution in [0.1, 0.15) is 6.92 Å². The minimum absolute atomic E-state index is 0.685. The van der Waals surface area contributed by atoms with Crippen molar-refractivity contribution in [3.05, 3.63) is 23.1 Å². The van der Waals surface area contributed by atoms with Gasteiger partial charge in [-0.2, -0.15) is 16.8 Å². The maximum atomic E-state index is 10.9. The van der Waals surface area contributed by atoms with Gasteiger partial charge in [-0.25, -0.2) is 0 Å². The van der Waals surface area contributed by atoms with Crippen molar-refractivity contribution >= 4 is 20.2 Å². The molecule has 1 aliphatic rings. The molecule has 1 rings (SSSR count). The topological polar surface area (TPSA) is 129 Å². The average molecular weight is 270 g/mol. The zero-order chi connectivity index (χ0) is 12.8. The van der Waals surface area contributed by atoms with Crippen molar-refractivity contribution in [1.82, 2.24) is 0 Å². The van der Waals surface area contributed by atoms with E-state index in [4.69, 9.17) is 9.11 Å². The van der Waals surface area contributed by atoms with Crippen LogP contribution in [0.15, 0.2) is 23.1 Å². The van der Waals surface area contributed by atoms with Crippen molar-refractivity contribution in [3.8, 4) is 0 Å². The maximum absolute atomic E-state index is 10.9. The molecule has 0 spiro atoms. The molecule has 0 aliphatic heterocycles. The Bertz CT molecular complexity index is 554. The molecule has 7 nitrogen and oxygen atoms in total. The molecule has 2 atom stereocenters. The van der Waals surface area contributed by atoms with Gasteiger partial charge in [0.2, 0.25) is 4.93 Å². The molecule has 3 N–H and O–H groups in total. The van der Waals surface area contributed by atoms with E-state index >= 15 is 0 Å². The molecule has 0 radical (unpaired) electrons. The highest BCUT2D eigenvalue weighted by atomic mass is 32.2.